The fraction of sp³-hybridized carbons (Fsp3) is 0.632. The van der Waals surface area contributed by atoms with E-state index in [0.717, 1.165) is 25.1 Å². The Balaban J connectivity index is 1.31. The third-order valence-electron chi connectivity index (χ3n) is 5.28. The lowest BCUT2D eigenvalue weighted by molar-refractivity contribution is -0.124. The summed E-state index contributed by atoms with van der Waals surface area (Å²) >= 11 is 0. The Morgan fingerprint density at radius 3 is 2.71 bits per heavy atom. The summed E-state index contributed by atoms with van der Waals surface area (Å²) in [6.07, 6.45) is 4.70. The van der Waals surface area contributed by atoms with Crippen LogP contribution in [0.3, 0.4) is 0 Å². The van der Waals surface area contributed by atoms with Gasteiger partial charge in [-0.1, -0.05) is 18.6 Å². The molecule has 0 saturated carbocycles. The first-order valence-electron chi connectivity index (χ1n) is 9.11. The van der Waals surface area contributed by atoms with Crippen molar-refractivity contribution in [3.63, 3.8) is 0 Å². The molecule has 0 aliphatic carbocycles. The molecule has 1 aromatic rings. The highest BCUT2D eigenvalue weighted by Crippen LogP contribution is 2.24. The van der Waals surface area contributed by atoms with Gasteiger partial charge in [-0.3, -0.25) is 14.6 Å². The van der Waals surface area contributed by atoms with Gasteiger partial charge >= 0.3 is 0 Å². The van der Waals surface area contributed by atoms with Gasteiger partial charge in [0, 0.05) is 31.7 Å². The Morgan fingerprint density at radius 2 is 2.00 bits per heavy atom. The summed E-state index contributed by atoms with van der Waals surface area (Å²) < 4.78 is 12.8. The minimum absolute atomic E-state index is 0.0854. The summed E-state index contributed by atoms with van der Waals surface area (Å²) in [6, 6.07) is 7.77. The molecule has 2 aliphatic rings. The van der Waals surface area contributed by atoms with Crippen molar-refractivity contribution in [1.29, 1.82) is 0 Å². The van der Waals surface area contributed by atoms with Gasteiger partial charge in [0.05, 0.1) is 6.54 Å². The van der Waals surface area contributed by atoms with E-state index >= 15 is 0 Å². The summed E-state index contributed by atoms with van der Waals surface area (Å²) in [5.41, 5.74) is 1.04. The number of benzene rings is 1. The van der Waals surface area contributed by atoms with Gasteiger partial charge in [-0.2, -0.15) is 0 Å². The van der Waals surface area contributed by atoms with Crippen molar-refractivity contribution in [3.8, 4) is 0 Å². The first kappa shape index (κ1) is 17.4. The molecule has 1 aromatic carbocycles. The molecule has 4 nitrogen and oxygen atoms in total. The van der Waals surface area contributed by atoms with E-state index < -0.39 is 0 Å². The second-order valence-electron chi connectivity index (χ2n) is 7.16. The number of nitrogens with zero attached hydrogens (tertiary/aromatic N) is 2. The summed E-state index contributed by atoms with van der Waals surface area (Å²) in [5, 5.41) is 2.96. The zero-order valence-corrected chi connectivity index (χ0v) is 14.5. The van der Waals surface area contributed by atoms with Gasteiger partial charge in [0.25, 0.3) is 0 Å². The molecule has 0 aromatic heterocycles. The van der Waals surface area contributed by atoms with Gasteiger partial charge in [-0.05, 0) is 50.4 Å². The highest BCUT2D eigenvalue weighted by Gasteiger charge is 2.35. The molecule has 1 atom stereocenters. The van der Waals surface area contributed by atoms with Gasteiger partial charge in [-0.25, -0.2) is 4.39 Å². The van der Waals surface area contributed by atoms with Crippen LogP contribution in [0.1, 0.15) is 31.7 Å². The van der Waals surface area contributed by atoms with Crippen LogP contribution in [-0.4, -0.2) is 60.5 Å². The minimum Gasteiger partial charge on any atom is -0.355 e. The van der Waals surface area contributed by atoms with Crippen LogP contribution in [0.15, 0.2) is 24.3 Å². The van der Waals surface area contributed by atoms with Gasteiger partial charge in [-0.15, -0.1) is 0 Å². The average molecular weight is 333 g/mol. The molecular formula is C19H28FN3O. The largest absolute Gasteiger partial charge is 0.355 e. The van der Waals surface area contributed by atoms with Crippen molar-refractivity contribution in [3.05, 3.63) is 35.6 Å². The van der Waals surface area contributed by atoms with Crippen molar-refractivity contribution in [2.45, 2.75) is 44.7 Å². The van der Waals surface area contributed by atoms with Crippen LogP contribution in [-0.2, 0) is 11.2 Å². The van der Waals surface area contributed by atoms with Crippen molar-refractivity contribution in [2.75, 3.05) is 32.7 Å². The maximum absolute atomic E-state index is 12.8. The van der Waals surface area contributed by atoms with Gasteiger partial charge in [0.2, 0.25) is 5.91 Å². The number of rotatable bonds is 6. The second-order valence-corrected chi connectivity index (χ2v) is 7.16. The molecule has 0 radical (unpaired) electrons. The van der Waals surface area contributed by atoms with Crippen molar-refractivity contribution < 1.29 is 9.18 Å². The number of hydrogen-bond donors (Lipinski definition) is 1. The van der Waals surface area contributed by atoms with Crippen molar-refractivity contribution in [2.24, 2.45) is 0 Å². The summed E-state index contributed by atoms with van der Waals surface area (Å²) in [4.78, 5) is 16.9. The first-order valence-corrected chi connectivity index (χ1v) is 9.11. The van der Waals surface area contributed by atoms with Crippen LogP contribution >= 0.6 is 0 Å². The number of carbonyl (C=O) groups excluding carboxylic acids is 1. The molecule has 132 valence electrons. The van der Waals surface area contributed by atoms with E-state index in [1.165, 1.54) is 37.9 Å². The van der Waals surface area contributed by atoms with Crippen LogP contribution in [0.5, 0.6) is 0 Å². The quantitative estimate of drug-likeness (QED) is 0.865. The maximum Gasteiger partial charge on any atom is 0.234 e. The number of amides is 1. The number of hydrogen-bond acceptors (Lipinski definition) is 3. The molecule has 2 saturated heterocycles. The van der Waals surface area contributed by atoms with Crippen LogP contribution in [0.25, 0.3) is 0 Å². The molecule has 0 unspecified atom stereocenters. The van der Waals surface area contributed by atoms with E-state index in [-0.39, 0.29) is 11.7 Å². The van der Waals surface area contributed by atoms with E-state index in [0.29, 0.717) is 25.2 Å². The molecular weight excluding hydrogens is 305 g/mol. The van der Waals surface area contributed by atoms with Gasteiger partial charge < -0.3 is 5.32 Å². The topological polar surface area (TPSA) is 35.6 Å². The third kappa shape index (κ3) is 4.54. The first-order chi connectivity index (χ1) is 11.6. The molecule has 1 N–H and O–H groups in total. The number of likely N-dealkylation sites (tertiary alicyclic amines) is 2. The average Bonchev–Trinajstić information content (AvgIpc) is 2.53. The molecule has 3 rings (SSSR count). The van der Waals surface area contributed by atoms with E-state index in [1.54, 1.807) is 12.1 Å². The predicted octanol–water partition coefficient (Wildman–Crippen LogP) is 2.04. The number of piperidine rings is 1. The van der Waals surface area contributed by atoms with Crippen LogP contribution in [0.4, 0.5) is 4.39 Å². The highest BCUT2D eigenvalue weighted by atomic mass is 19.1. The predicted molar refractivity (Wildman–Crippen MR) is 93.4 cm³/mol. The molecule has 5 heteroatoms. The Kier molecular flexibility index (Phi) is 5.85. The van der Waals surface area contributed by atoms with Crippen LogP contribution < -0.4 is 5.32 Å². The number of halogens is 1. The zero-order valence-electron chi connectivity index (χ0n) is 14.5. The molecule has 2 aliphatic heterocycles. The lowest BCUT2D eigenvalue weighted by atomic mass is 9.97. The maximum atomic E-state index is 12.8. The minimum atomic E-state index is -0.224. The van der Waals surface area contributed by atoms with E-state index in [1.807, 2.05) is 0 Å². The summed E-state index contributed by atoms with van der Waals surface area (Å²) in [5.74, 6) is -0.139. The van der Waals surface area contributed by atoms with Crippen LogP contribution in [0.2, 0.25) is 0 Å². The van der Waals surface area contributed by atoms with Crippen LogP contribution in [0, 0.1) is 5.82 Å². The summed E-state index contributed by atoms with van der Waals surface area (Å²) in [6.45, 7) is 6.64. The molecule has 24 heavy (non-hydrogen) atoms. The lowest BCUT2D eigenvalue weighted by Gasteiger charge is -2.49. The smallest absolute Gasteiger partial charge is 0.234 e. The Morgan fingerprint density at radius 1 is 1.25 bits per heavy atom. The lowest BCUT2D eigenvalue weighted by Crippen LogP contribution is -2.63. The molecule has 1 amide bonds. The molecule has 2 heterocycles. The summed E-state index contributed by atoms with van der Waals surface area (Å²) in [7, 11) is 0. The third-order valence-corrected chi connectivity index (χ3v) is 5.28. The van der Waals surface area contributed by atoms with E-state index in [2.05, 4.69) is 22.0 Å². The van der Waals surface area contributed by atoms with Gasteiger partial charge in [0.1, 0.15) is 5.82 Å². The molecule has 2 fully saturated rings. The Bertz CT molecular complexity index is 542. The Hall–Kier alpha value is -1.46. The standard InChI is InChI=1S/C19H28FN3O/c1-15-4-2-3-11-23(15)18-12-22(13-18)14-19(24)21-10-9-16-5-7-17(20)8-6-16/h5-8,15,18H,2-4,9-14H2,1H3,(H,21,24)/t15-/m1/s1. The molecule has 0 bridgehead atoms. The monoisotopic (exact) mass is 333 g/mol. The van der Waals surface area contributed by atoms with Gasteiger partial charge in [0.15, 0.2) is 0 Å². The number of carbonyl (C=O) groups is 1. The van der Waals surface area contributed by atoms with E-state index in [9.17, 15) is 9.18 Å². The highest BCUT2D eigenvalue weighted by molar-refractivity contribution is 5.78. The fourth-order valence-corrected chi connectivity index (χ4v) is 3.80. The normalized spacial score (nSPS) is 23.0. The number of nitrogens with one attached hydrogen (secondary N) is 1. The zero-order chi connectivity index (χ0) is 16.9. The van der Waals surface area contributed by atoms with E-state index in [4.69, 9.17) is 0 Å². The van der Waals surface area contributed by atoms with Crippen molar-refractivity contribution in [1.82, 2.24) is 15.1 Å². The second kappa shape index (κ2) is 8.08. The van der Waals surface area contributed by atoms with Crippen molar-refractivity contribution >= 4 is 5.91 Å². The fourth-order valence-electron chi connectivity index (χ4n) is 3.80. The molecule has 0 spiro atoms. The SMILES string of the molecule is C[C@@H]1CCCCN1C1CN(CC(=O)NCCc2ccc(F)cc2)C1. The Labute approximate surface area is 144 Å².